The molecule has 1 aromatic carbocycles. The number of nitrogens with one attached hydrogen (secondary N) is 1. The zero-order valence-corrected chi connectivity index (χ0v) is 14.0. The second-order valence-corrected chi connectivity index (χ2v) is 6.39. The summed E-state index contributed by atoms with van der Waals surface area (Å²) in [5.41, 5.74) is 2.18. The molecule has 0 fully saturated rings. The average molecular weight is 355 g/mol. The van der Waals surface area contributed by atoms with Crippen LogP contribution in [0.3, 0.4) is 0 Å². The summed E-state index contributed by atoms with van der Waals surface area (Å²) >= 11 is 5.15. The molecule has 1 N–H and O–H groups in total. The highest BCUT2D eigenvalue weighted by atomic mass is 79.9. The van der Waals surface area contributed by atoms with E-state index in [1.54, 1.807) is 11.3 Å². The summed E-state index contributed by atoms with van der Waals surface area (Å²) in [5, 5.41) is 6.55. The van der Waals surface area contributed by atoms with Gasteiger partial charge in [-0.15, -0.1) is 11.3 Å². The number of ether oxygens (including phenoxy) is 1. The van der Waals surface area contributed by atoms with Crippen LogP contribution in [-0.4, -0.2) is 11.5 Å². The predicted molar refractivity (Wildman–Crippen MR) is 86.7 cm³/mol. The Kier molecular flexibility index (Phi) is 6.66. The number of nitrogens with zero attached hydrogens (tertiary/aromatic N) is 1. The fraction of sp³-hybridized carbons (Fsp3) is 0.400. The van der Waals surface area contributed by atoms with Crippen LogP contribution in [0, 0.1) is 0 Å². The van der Waals surface area contributed by atoms with Gasteiger partial charge in [0.15, 0.2) is 0 Å². The lowest BCUT2D eigenvalue weighted by molar-refractivity contribution is 0.105. The summed E-state index contributed by atoms with van der Waals surface area (Å²) in [5.74, 6) is 0. The van der Waals surface area contributed by atoms with E-state index >= 15 is 0 Å². The van der Waals surface area contributed by atoms with Gasteiger partial charge in [0.05, 0.1) is 18.9 Å². The van der Waals surface area contributed by atoms with Gasteiger partial charge >= 0.3 is 0 Å². The molecular weight excluding hydrogens is 336 g/mol. The van der Waals surface area contributed by atoms with Gasteiger partial charge in [-0.2, -0.15) is 0 Å². The molecule has 2 rings (SSSR count). The lowest BCUT2D eigenvalue weighted by Gasteiger charge is -2.03. The van der Waals surface area contributed by atoms with Crippen LogP contribution < -0.4 is 5.32 Å². The molecule has 3 nitrogen and oxygen atoms in total. The Hall–Kier alpha value is -0.750. The Morgan fingerprint density at radius 1 is 1.35 bits per heavy atom. The number of aromatic nitrogens is 1. The molecule has 0 aliphatic carbocycles. The summed E-state index contributed by atoms with van der Waals surface area (Å²) in [6.45, 7) is 5.23. The van der Waals surface area contributed by atoms with Crippen LogP contribution >= 0.6 is 27.3 Å². The molecule has 0 amide bonds. The maximum Gasteiger partial charge on any atom is 0.107 e. The fourth-order valence-electron chi connectivity index (χ4n) is 1.77. The van der Waals surface area contributed by atoms with E-state index in [0.717, 1.165) is 34.7 Å². The zero-order chi connectivity index (χ0) is 14.2. The van der Waals surface area contributed by atoms with E-state index in [4.69, 9.17) is 4.74 Å². The Morgan fingerprint density at radius 3 is 3.05 bits per heavy atom. The van der Waals surface area contributed by atoms with Crippen molar-refractivity contribution in [2.24, 2.45) is 0 Å². The van der Waals surface area contributed by atoms with Gasteiger partial charge in [-0.25, -0.2) is 4.98 Å². The zero-order valence-electron chi connectivity index (χ0n) is 11.6. The Morgan fingerprint density at radius 2 is 2.25 bits per heavy atom. The lowest BCUT2D eigenvalue weighted by Crippen LogP contribution is -2.13. The summed E-state index contributed by atoms with van der Waals surface area (Å²) in [7, 11) is 0. The minimum Gasteiger partial charge on any atom is -0.370 e. The summed E-state index contributed by atoms with van der Waals surface area (Å²) in [6, 6.07) is 8.16. The first-order valence-electron chi connectivity index (χ1n) is 6.74. The number of halogens is 1. The van der Waals surface area contributed by atoms with Gasteiger partial charge in [0.2, 0.25) is 0 Å². The highest BCUT2D eigenvalue weighted by Crippen LogP contribution is 2.14. The second-order valence-electron chi connectivity index (χ2n) is 4.53. The van der Waals surface area contributed by atoms with E-state index in [1.165, 1.54) is 5.56 Å². The summed E-state index contributed by atoms with van der Waals surface area (Å²) in [4.78, 5) is 4.55. The quantitative estimate of drug-likeness (QED) is 0.724. The maximum absolute atomic E-state index is 5.70. The number of hydrogen-bond acceptors (Lipinski definition) is 4. The molecule has 2 aromatic rings. The van der Waals surface area contributed by atoms with Gasteiger partial charge in [-0.05, 0) is 30.7 Å². The van der Waals surface area contributed by atoms with E-state index < -0.39 is 0 Å². The van der Waals surface area contributed by atoms with Crippen molar-refractivity contribution in [3.63, 3.8) is 0 Å². The first kappa shape index (κ1) is 15.6. The molecule has 0 aliphatic heterocycles. The summed E-state index contributed by atoms with van der Waals surface area (Å²) in [6.07, 6.45) is 1.15. The molecule has 0 aliphatic rings. The van der Waals surface area contributed by atoms with Crippen molar-refractivity contribution in [2.75, 3.05) is 6.54 Å². The van der Waals surface area contributed by atoms with Crippen molar-refractivity contribution in [2.45, 2.75) is 33.1 Å². The van der Waals surface area contributed by atoms with Crippen LogP contribution in [0.25, 0.3) is 0 Å². The molecule has 20 heavy (non-hydrogen) atoms. The van der Waals surface area contributed by atoms with Crippen LogP contribution in [0.15, 0.2) is 34.1 Å². The molecule has 108 valence electrons. The minimum absolute atomic E-state index is 0.566. The van der Waals surface area contributed by atoms with Crippen LogP contribution in [0.1, 0.15) is 29.6 Å². The molecule has 0 atom stereocenters. The topological polar surface area (TPSA) is 34.2 Å². The molecule has 5 heteroatoms. The van der Waals surface area contributed by atoms with Crippen molar-refractivity contribution in [1.29, 1.82) is 0 Å². The third-order valence-corrected chi connectivity index (χ3v) is 4.10. The number of thiazole rings is 1. The van der Waals surface area contributed by atoms with Crippen molar-refractivity contribution >= 4 is 27.3 Å². The van der Waals surface area contributed by atoms with Crippen molar-refractivity contribution in [3.8, 4) is 0 Å². The van der Waals surface area contributed by atoms with Gasteiger partial charge < -0.3 is 10.1 Å². The smallest absolute Gasteiger partial charge is 0.107 e. The highest BCUT2D eigenvalue weighted by Gasteiger charge is 2.02. The third-order valence-electron chi connectivity index (χ3n) is 2.71. The number of hydrogen-bond donors (Lipinski definition) is 1. The van der Waals surface area contributed by atoms with Crippen LogP contribution in [0.5, 0.6) is 0 Å². The first-order chi connectivity index (χ1) is 9.78. The largest absolute Gasteiger partial charge is 0.370 e. The first-order valence-corrected chi connectivity index (χ1v) is 8.41. The monoisotopic (exact) mass is 354 g/mol. The maximum atomic E-state index is 5.70. The standard InChI is InChI=1S/C15H19BrN2OS/c1-2-6-17-8-15-18-14(11-20-15)10-19-9-12-4-3-5-13(16)7-12/h3-5,7,11,17H,2,6,8-10H2,1H3. The van der Waals surface area contributed by atoms with E-state index in [1.807, 2.05) is 12.1 Å². The molecule has 1 heterocycles. The van der Waals surface area contributed by atoms with Gasteiger partial charge in [0.1, 0.15) is 5.01 Å². The molecule has 1 aromatic heterocycles. The molecule has 0 unspecified atom stereocenters. The van der Waals surface area contributed by atoms with Crippen LogP contribution in [0.2, 0.25) is 0 Å². The fourth-order valence-corrected chi connectivity index (χ4v) is 2.96. The average Bonchev–Trinajstić information content (AvgIpc) is 2.87. The van der Waals surface area contributed by atoms with Crippen LogP contribution in [-0.2, 0) is 24.5 Å². The van der Waals surface area contributed by atoms with Crippen molar-refractivity contribution < 1.29 is 4.74 Å². The molecule has 0 saturated heterocycles. The van der Waals surface area contributed by atoms with Gasteiger partial charge in [0.25, 0.3) is 0 Å². The molecule has 0 bridgehead atoms. The lowest BCUT2D eigenvalue weighted by atomic mass is 10.2. The Bertz CT molecular complexity index is 530. The normalized spacial score (nSPS) is 10.9. The molecular formula is C15H19BrN2OS. The second kappa shape index (κ2) is 8.52. The molecule has 0 radical (unpaired) electrons. The van der Waals surface area contributed by atoms with Gasteiger partial charge in [-0.1, -0.05) is 35.0 Å². The van der Waals surface area contributed by atoms with E-state index in [-0.39, 0.29) is 0 Å². The molecule has 0 spiro atoms. The Balaban J connectivity index is 1.74. The van der Waals surface area contributed by atoms with E-state index in [0.29, 0.717) is 13.2 Å². The SMILES string of the molecule is CCCNCc1nc(COCc2cccc(Br)c2)cs1. The van der Waals surface area contributed by atoms with Crippen molar-refractivity contribution in [3.05, 3.63) is 50.4 Å². The van der Waals surface area contributed by atoms with Gasteiger partial charge in [0, 0.05) is 16.4 Å². The predicted octanol–water partition coefficient (Wildman–Crippen LogP) is 4.12. The van der Waals surface area contributed by atoms with Gasteiger partial charge in [-0.3, -0.25) is 0 Å². The number of benzene rings is 1. The van der Waals surface area contributed by atoms with Crippen LogP contribution in [0.4, 0.5) is 0 Å². The van der Waals surface area contributed by atoms with E-state index in [9.17, 15) is 0 Å². The van der Waals surface area contributed by atoms with Crippen molar-refractivity contribution in [1.82, 2.24) is 10.3 Å². The minimum atomic E-state index is 0.566. The summed E-state index contributed by atoms with van der Waals surface area (Å²) < 4.78 is 6.78. The van der Waals surface area contributed by atoms with E-state index in [2.05, 4.69) is 50.7 Å². The number of rotatable bonds is 8. The molecule has 0 saturated carbocycles. The highest BCUT2D eigenvalue weighted by molar-refractivity contribution is 9.10. The Labute approximate surface area is 132 Å². The third kappa shape index (κ3) is 5.32.